The summed E-state index contributed by atoms with van der Waals surface area (Å²) in [5.41, 5.74) is 0. The van der Waals surface area contributed by atoms with Crippen LogP contribution in [0.1, 0.15) is 39.0 Å². The van der Waals surface area contributed by atoms with Crippen molar-refractivity contribution < 1.29 is 4.58 Å². The summed E-state index contributed by atoms with van der Waals surface area (Å²) in [4.78, 5) is 0. The van der Waals surface area contributed by atoms with Crippen LogP contribution in [0.5, 0.6) is 0 Å². The van der Waals surface area contributed by atoms with Crippen LogP contribution in [0.4, 0.5) is 0 Å². The lowest BCUT2D eigenvalue weighted by Crippen LogP contribution is -2.34. The van der Waals surface area contributed by atoms with Crippen molar-refractivity contribution in [2.75, 3.05) is 13.1 Å². The van der Waals surface area contributed by atoms with Crippen LogP contribution in [0.15, 0.2) is 0 Å². The number of rotatable bonds is 2. The molecule has 0 amide bonds. The molecule has 2 aliphatic rings. The van der Waals surface area contributed by atoms with Gasteiger partial charge in [-0.2, -0.15) is 0 Å². The van der Waals surface area contributed by atoms with Gasteiger partial charge in [0.25, 0.3) is 0 Å². The minimum Gasteiger partial charge on any atom is -0.239 e. The van der Waals surface area contributed by atoms with Gasteiger partial charge in [0, 0.05) is 18.3 Å². The van der Waals surface area contributed by atoms with E-state index in [2.05, 4.69) is 17.7 Å². The average Bonchev–Trinajstić information content (AvgIpc) is 2.04. The highest BCUT2D eigenvalue weighted by Gasteiger charge is 2.30. The predicted octanol–water partition coefficient (Wildman–Crippen LogP) is 2.30. The quantitative estimate of drug-likeness (QED) is 0.554. The molecule has 1 aliphatic carbocycles. The standard InChI is InChI=1S/C11H20N/c1-2-6-12-8-10-4-3-5-11(7-10)9-12/h8,10-11H,2-7,9H2,1H3/q+1/t10-,11-/m0/s1. The molecule has 1 nitrogen and oxygen atoms in total. The second-order valence-electron chi connectivity index (χ2n) is 4.44. The molecule has 68 valence electrons. The van der Waals surface area contributed by atoms with E-state index in [0.717, 1.165) is 11.8 Å². The highest BCUT2D eigenvalue weighted by atomic mass is 15.0. The second-order valence-corrected chi connectivity index (χ2v) is 4.44. The topological polar surface area (TPSA) is 3.01 Å². The minimum atomic E-state index is 0.934. The van der Waals surface area contributed by atoms with Crippen molar-refractivity contribution in [2.24, 2.45) is 11.8 Å². The van der Waals surface area contributed by atoms with E-state index in [1.165, 1.54) is 45.2 Å². The van der Waals surface area contributed by atoms with Gasteiger partial charge in [-0.3, -0.25) is 0 Å². The molecule has 0 saturated heterocycles. The molecule has 0 aromatic rings. The normalized spacial score (nSPS) is 34.6. The van der Waals surface area contributed by atoms with Crippen LogP contribution >= 0.6 is 0 Å². The molecule has 2 bridgehead atoms. The van der Waals surface area contributed by atoms with Crippen molar-refractivity contribution in [3.63, 3.8) is 0 Å². The van der Waals surface area contributed by atoms with Gasteiger partial charge in [-0.1, -0.05) is 13.3 Å². The molecule has 1 heterocycles. The van der Waals surface area contributed by atoms with Crippen LogP contribution in [0, 0.1) is 11.8 Å². The molecule has 0 aromatic heterocycles. The summed E-state index contributed by atoms with van der Waals surface area (Å²) >= 11 is 0. The third-order valence-corrected chi connectivity index (χ3v) is 3.25. The zero-order valence-electron chi connectivity index (χ0n) is 8.13. The molecule has 0 spiro atoms. The smallest absolute Gasteiger partial charge is 0.145 e. The Labute approximate surface area is 75.5 Å². The van der Waals surface area contributed by atoms with Gasteiger partial charge < -0.3 is 0 Å². The summed E-state index contributed by atoms with van der Waals surface area (Å²) in [6.45, 7) is 4.91. The molecule has 0 radical (unpaired) electrons. The molecule has 0 N–H and O–H groups in total. The zero-order valence-corrected chi connectivity index (χ0v) is 8.13. The van der Waals surface area contributed by atoms with Gasteiger partial charge in [0.15, 0.2) is 0 Å². The summed E-state index contributed by atoms with van der Waals surface area (Å²) in [6.07, 6.45) is 9.72. The Balaban J connectivity index is 2.01. The van der Waals surface area contributed by atoms with E-state index in [-0.39, 0.29) is 0 Å². The van der Waals surface area contributed by atoms with Crippen molar-refractivity contribution in [3.8, 4) is 0 Å². The lowest BCUT2D eigenvalue weighted by Gasteiger charge is -2.29. The van der Waals surface area contributed by atoms with Gasteiger partial charge in [-0.25, -0.2) is 4.58 Å². The van der Waals surface area contributed by atoms with E-state index < -0.39 is 0 Å². The van der Waals surface area contributed by atoms with E-state index in [0.29, 0.717) is 0 Å². The molecular formula is C11H20N+. The monoisotopic (exact) mass is 166 g/mol. The minimum absolute atomic E-state index is 0.934. The van der Waals surface area contributed by atoms with Crippen LogP contribution in [0.2, 0.25) is 0 Å². The highest BCUT2D eigenvalue weighted by molar-refractivity contribution is 5.56. The zero-order chi connectivity index (χ0) is 8.39. The van der Waals surface area contributed by atoms with E-state index in [1.54, 1.807) is 0 Å². The van der Waals surface area contributed by atoms with Gasteiger partial charge in [0.2, 0.25) is 0 Å². The van der Waals surface area contributed by atoms with Crippen LogP contribution < -0.4 is 0 Å². The number of hydrogen-bond acceptors (Lipinski definition) is 0. The average molecular weight is 166 g/mol. The molecule has 0 unspecified atom stereocenters. The van der Waals surface area contributed by atoms with E-state index in [9.17, 15) is 0 Å². The Morgan fingerprint density at radius 3 is 3.08 bits per heavy atom. The molecule has 2 atom stereocenters. The molecule has 2 rings (SSSR count). The Hall–Kier alpha value is -0.330. The highest BCUT2D eigenvalue weighted by Crippen LogP contribution is 2.30. The van der Waals surface area contributed by atoms with Gasteiger partial charge >= 0.3 is 0 Å². The first-order chi connectivity index (χ1) is 5.88. The lowest BCUT2D eigenvalue weighted by atomic mass is 9.80. The maximum absolute atomic E-state index is 2.57. The van der Waals surface area contributed by atoms with Gasteiger partial charge in [-0.15, -0.1) is 0 Å². The third-order valence-electron chi connectivity index (χ3n) is 3.25. The van der Waals surface area contributed by atoms with E-state index in [1.807, 2.05) is 0 Å². The Bertz CT molecular complexity index is 183. The molecule has 1 saturated carbocycles. The van der Waals surface area contributed by atoms with Crippen molar-refractivity contribution in [1.82, 2.24) is 0 Å². The first-order valence-corrected chi connectivity index (χ1v) is 5.47. The van der Waals surface area contributed by atoms with Gasteiger partial charge in [0.1, 0.15) is 19.3 Å². The first-order valence-electron chi connectivity index (χ1n) is 5.47. The van der Waals surface area contributed by atoms with Crippen molar-refractivity contribution in [2.45, 2.75) is 39.0 Å². The van der Waals surface area contributed by atoms with Crippen LogP contribution in [-0.2, 0) is 0 Å². The number of fused-ring (bicyclic) bond motifs is 2. The SMILES string of the molecule is CCC[N+]1=C[C@H]2CCC[C@@H](C2)C1. The van der Waals surface area contributed by atoms with Gasteiger partial charge in [-0.05, 0) is 19.3 Å². The lowest BCUT2D eigenvalue weighted by molar-refractivity contribution is -0.539. The Morgan fingerprint density at radius 1 is 1.42 bits per heavy atom. The number of nitrogens with zero attached hydrogens (tertiary/aromatic N) is 1. The summed E-state index contributed by atoms with van der Waals surface area (Å²) in [6, 6.07) is 0. The Kier molecular flexibility index (Phi) is 2.48. The van der Waals surface area contributed by atoms with Crippen molar-refractivity contribution >= 4 is 6.21 Å². The summed E-state index contributed by atoms with van der Waals surface area (Å²) in [5, 5.41) is 0. The first kappa shape index (κ1) is 8.28. The Morgan fingerprint density at radius 2 is 2.33 bits per heavy atom. The molecule has 0 aromatic carbocycles. The molecule has 1 aliphatic heterocycles. The fourth-order valence-corrected chi connectivity index (χ4v) is 2.78. The fraction of sp³-hybridized carbons (Fsp3) is 0.909. The van der Waals surface area contributed by atoms with Crippen LogP contribution in [0.3, 0.4) is 0 Å². The maximum atomic E-state index is 2.57. The van der Waals surface area contributed by atoms with Crippen molar-refractivity contribution in [1.29, 1.82) is 0 Å². The molecular weight excluding hydrogens is 146 g/mol. The number of hydrogen-bond donors (Lipinski definition) is 0. The van der Waals surface area contributed by atoms with Gasteiger partial charge in [0.05, 0.1) is 0 Å². The second kappa shape index (κ2) is 3.59. The van der Waals surface area contributed by atoms with E-state index in [4.69, 9.17) is 0 Å². The maximum Gasteiger partial charge on any atom is 0.145 e. The summed E-state index contributed by atoms with van der Waals surface area (Å²) in [5.74, 6) is 1.96. The fourth-order valence-electron chi connectivity index (χ4n) is 2.78. The van der Waals surface area contributed by atoms with Crippen LogP contribution in [0.25, 0.3) is 0 Å². The summed E-state index contributed by atoms with van der Waals surface area (Å²) in [7, 11) is 0. The molecule has 1 heteroatoms. The van der Waals surface area contributed by atoms with Crippen LogP contribution in [-0.4, -0.2) is 23.9 Å². The van der Waals surface area contributed by atoms with E-state index >= 15 is 0 Å². The largest absolute Gasteiger partial charge is 0.239 e. The predicted molar refractivity (Wildman–Crippen MR) is 51.8 cm³/mol. The third kappa shape index (κ3) is 1.70. The molecule has 12 heavy (non-hydrogen) atoms. The summed E-state index contributed by atoms with van der Waals surface area (Å²) < 4.78 is 2.57. The van der Waals surface area contributed by atoms with Crippen molar-refractivity contribution in [3.05, 3.63) is 0 Å². The molecule has 1 fully saturated rings.